The molecule has 0 atom stereocenters. The van der Waals surface area contributed by atoms with Crippen LogP contribution in [0.1, 0.15) is 25.8 Å². The third-order valence-electron chi connectivity index (χ3n) is 2.92. The summed E-state index contributed by atoms with van der Waals surface area (Å²) in [7, 11) is 0. The highest BCUT2D eigenvalue weighted by Gasteiger charge is 2.33. The molecule has 0 aromatic heterocycles. The van der Waals surface area contributed by atoms with Crippen molar-refractivity contribution in [3.05, 3.63) is 35.9 Å². The standard InChI is InChI=1S/C14H18N2O3/c1-11(12-6-4-3-5-7-12)15-16-13(17)10-14(2)18-8-9-19-14/h3-7H,8-10H2,1-2H3,(H,16,17)/b15-11+. The molecule has 1 amide bonds. The molecule has 0 unspecified atom stereocenters. The average molecular weight is 262 g/mol. The van der Waals surface area contributed by atoms with Crippen molar-refractivity contribution in [1.29, 1.82) is 0 Å². The van der Waals surface area contributed by atoms with E-state index >= 15 is 0 Å². The molecule has 0 bridgehead atoms. The van der Waals surface area contributed by atoms with Crippen LogP contribution >= 0.6 is 0 Å². The van der Waals surface area contributed by atoms with Crippen molar-refractivity contribution in [2.45, 2.75) is 26.1 Å². The lowest BCUT2D eigenvalue weighted by molar-refractivity contribution is -0.159. The summed E-state index contributed by atoms with van der Waals surface area (Å²) in [5.41, 5.74) is 4.25. The molecule has 1 saturated heterocycles. The molecule has 0 saturated carbocycles. The van der Waals surface area contributed by atoms with E-state index in [9.17, 15) is 4.79 Å². The van der Waals surface area contributed by atoms with Gasteiger partial charge in [0.05, 0.1) is 25.3 Å². The Morgan fingerprint density at radius 1 is 1.32 bits per heavy atom. The lowest BCUT2D eigenvalue weighted by Crippen LogP contribution is -2.33. The van der Waals surface area contributed by atoms with Gasteiger partial charge in [-0.25, -0.2) is 5.43 Å². The lowest BCUT2D eigenvalue weighted by Gasteiger charge is -2.20. The van der Waals surface area contributed by atoms with Crippen molar-refractivity contribution in [2.24, 2.45) is 5.10 Å². The van der Waals surface area contributed by atoms with Gasteiger partial charge >= 0.3 is 0 Å². The van der Waals surface area contributed by atoms with E-state index in [1.165, 1.54) is 0 Å². The van der Waals surface area contributed by atoms with Gasteiger partial charge in [0.15, 0.2) is 5.79 Å². The molecule has 1 fully saturated rings. The van der Waals surface area contributed by atoms with E-state index in [-0.39, 0.29) is 12.3 Å². The van der Waals surface area contributed by atoms with Crippen LogP contribution in [0.25, 0.3) is 0 Å². The van der Waals surface area contributed by atoms with Crippen LogP contribution in [0.3, 0.4) is 0 Å². The summed E-state index contributed by atoms with van der Waals surface area (Å²) in [6.07, 6.45) is 0.137. The molecular formula is C14H18N2O3. The number of amides is 1. The number of hydrogen-bond donors (Lipinski definition) is 1. The maximum atomic E-state index is 11.8. The number of hydrogen-bond acceptors (Lipinski definition) is 4. The zero-order valence-corrected chi connectivity index (χ0v) is 11.2. The van der Waals surface area contributed by atoms with Crippen LogP contribution in [0.4, 0.5) is 0 Å². The van der Waals surface area contributed by atoms with Crippen LogP contribution in [-0.2, 0) is 14.3 Å². The Kier molecular flexibility index (Phi) is 4.29. The largest absolute Gasteiger partial charge is 0.347 e. The quantitative estimate of drug-likeness (QED) is 0.663. The Balaban J connectivity index is 1.89. The van der Waals surface area contributed by atoms with Gasteiger partial charge in [0.25, 0.3) is 0 Å². The summed E-state index contributed by atoms with van der Waals surface area (Å²) < 4.78 is 10.7. The first-order valence-electron chi connectivity index (χ1n) is 6.25. The second kappa shape index (κ2) is 5.95. The van der Waals surface area contributed by atoms with Crippen LogP contribution in [0.5, 0.6) is 0 Å². The molecule has 0 radical (unpaired) electrons. The molecular weight excluding hydrogens is 244 g/mol. The van der Waals surface area contributed by atoms with Crippen LogP contribution in [0.2, 0.25) is 0 Å². The van der Waals surface area contributed by atoms with Gasteiger partial charge < -0.3 is 9.47 Å². The zero-order valence-electron chi connectivity index (χ0n) is 11.2. The molecule has 2 rings (SSSR count). The number of rotatable bonds is 4. The van der Waals surface area contributed by atoms with Gasteiger partial charge in [0, 0.05) is 0 Å². The fourth-order valence-electron chi connectivity index (χ4n) is 1.88. The molecule has 1 aromatic carbocycles. The summed E-state index contributed by atoms with van der Waals surface area (Å²) in [4.78, 5) is 11.8. The predicted octanol–water partition coefficient (Wildman–Crippen LogP) is 1.68. The summed E-state index contributed by atoms with van der Waals surface area (Å²) in [6.45, 7) is 4.65. The van der Waals surface area contributed by atoms with Crippen LogP contribution < -0.4 is 5.43 Å². The smallest absolute Gasteiger partial charge is 0.245 e. The molecule has 1 aliphatic heterocycles. The van der Waals surface area contributed by atoms with Crippen LogP contribution in [-0.4, -0.2) is 30.6 Å². The second-order valence-electron chi connectivity index (χ2n) is 4.61. The molecule has 1 aromatic rings. The maximum absolute atomic E-state index is 11.8. The van der Waals surface area contributed by atoms with E-state index in [4.69, 9.17) is 9.47 Å². The molecule has 1 aliphatic rings. The lowest BCUT2D eigenvalue weighted by atomic mass is 10.1. The first kappa shape index (κ1) is 13.7. The van der Waals surface area contributed by atoms with Gasteiger partial charge in [-0.2, -0.15) is 5.10 Å². The Hall–Kier alpha value is -1.72. The highest BCUT2D eigenvalue weighted by Crippen LogP contribution is 2.22. The monoisotopic (exact) mass is 262 g/mol. The number of nitrogens with one attached hydrogen (secondary N) is 1. The maximum Gasteiger partial charge on any atom is 0.245 e. The van der Waals surface area contributed by atoms with Crippen molar-refractivity contribution >= 4 is 11.6 Å². The Labute approximate surface area is 112 Å². The van der Waals surface area contributed by atoms with E-state index in [1.807, 2.05) is 37.3 Å². The van der Waals surface area contributed by atoms with Crippen molar-refractivity contribution < 1.29 is 14.3 Å². The molecule has 1 N–H and O–H groups in total. The third-order valence-corrected chi connectivity index (χ3v) is 2.92. The zero-order chi connectivity index (χ0) is 13.7. The van der Waals surface area contributed by atoms with E-state index in [1.54, 1.807) is 6.92 Å². The topological polar surface area (TPSA) is 59.9 Å². The third kappa shape index (κ3) is 3.87. The van der Waals surface area contributed by atoms with Gasteiger partial charge in [0.1, 0.15) is 0 Å². The van der Waals surface area contributed by atoms with Gasteiger partial charge in [-0.15, -0.1) is 0 Å². The minimum atomic E-state index is -0.819. The first-order valence-corrected chi connectivity index (χ1v) is 6.25. The second-order valence-corrected chi connectivity index (χ2v) is 4.61. The average Bonchev–Trinajstić information content (AvgIpc) is 2.83. The van der Waals surface area contributed by atoms with Gasteiger partial charge in [-0.3, -0.25) is 4.79 Å². The molecule has 102 valence electrons. The minimum Gasteiger partial charge on any atom is -0.347 e. The van der Waals surface area contributed by atoms with Gasteiger partial charge in [-0.05, 0) is 19.4 Å². The van der Waals surface area contributed by atoms with E-state index < -0.39 is 5.79 Å². The fourth-order valence-corrected chi connectivity index (χ4v) is 1.88. The summed E-state index contributed by atoms with van der Waals surface area (Å²) in [6, 6.07) is 9.67. The van der Waals surface area contributed by atoms with E-state index in [2.05, 4.69) is 10.5 Å². The molecule has 0 aliphatic carbocycles. The Morgan fingerprint density at radius 3 is 2.58 bits per heavy atom. The van der Waals surface area contributed by atoms with Gasteiger partial charge in [0.2, 0.25) is 5.91 Å². The van der Waals surface area contributed by atoms with Crippen molar-refractivity contribution in [1.82, 2.24) is 5.43 Å². The number of carbonyl (C=O) groups is 1. The normalized spacial score (nSPS) is 18.3. The highest BCUT2D eigenvalue weighted by atomic mass is 16.7. The SMILES string of the molecule is C/C(=N\NC(=O)CC1(C)OCCO1)c1ccccc1. The molecule has 0 spiro atoms. The molecule has 5 nitrogen and oxygen atoms in total. The van der Waals surface area contributed by atoms with Crippen molar-refractivity contribution in [3.8, 4) is 0 Å². The fraction of sp³-hybridized carbons (Fsp3) is 0.429. The van der Waals surface area contributed by atoms with Crippen molar-refractivity contribution in [3.63, 3.8) is 0 Å². The summed E-state index contributed by atoms with van der Waals surface area (Å²) >= 11 is 0. The number of hydrazone groups is 1. The van der Waals surface area contributed by atoms with E-state index in [0.717, 1.165) is 11.3 Å². The minimum absolute atomic E-state index is 0.137. The van der Waals surface area contributed by atoms with E-state index in [0.29, 0.717) is 13.2 Å². The van der Waals surface area contributed by atoms with Crippen LogP contribution in [0, 0.1) is 0 Å². The number of carbonyl (C=O) groups excluding carboxylic acids is 1. The van der Waals surface area contributed by atoms with Crippen molar-refractivity contribution in [2.75, 3.05) is 13.2 Å². The molecule has 19 heavy (non-hydrogen) atoms. The number of benzene rings is 1. The summed E-state index contributed by atoms with van der Waals surface area (Å²) in [5, 5.41) is 4.07. The Morgan fingerprint density at radius 2 is 1.95 bits per heavy atom. The highest BCUT2D eigenvalue weighted by molar-refractivity contribution is 5.99. The first-order chi connectivity index (χ1) is 9.09. The van der Waals surface area contributed by atoms with Crippen LogP contribution in [0.15, 0.2) is 35.4 Å². The van der Waals surface area contributed by atoms with Gasteiger partial charge in [-0.1, -0.05) is 30.3 Å². The molecule has 5 heteroatoms. The summed E-state index contributed by atoms with van der Waals surface area (Å²) in [5.74, 6) is -1.04. The molecule has 1 heterocycles. The predicted molar refractivity (Wildman–Crippen MR) is 71.7 cm³/mol. The number of ether oxygens (including phenoxy) is 2. The Bertz CT molecular complexity index is 465. The number of nitrogens with zero attached hydrogens (tertiary/aromatic N) is 1.